The Labute approximate surface area is 315 Å². The Morgan fingerprint density at radius 2 is 0.840 bits per heavy atom. The first kappa shape index (κ1) is 38.6. The molecular weight excluding hydrogens is 704 g/mol. The van der Waals surface area contributed by atoms with E-state index in [9.17, 15) is 0 Å². The minimum atomic E-state index is 0. The van der Waals surface area contributed by atoms with E-state index < -0.39 is 0 Å². The number of furan rings is 2. The van der Waals surface area contributed by atoms with Crippen LogP contribution in [0.5, 0.6) is 0 Å². The molecule has 4 heteroatoms. The molecule has 6 aromatic carbocycles. The molecule has 0 unspecified atom stereocenters. The molecule has 8 rings (SSSR count). The van der Waals surface area contributed by atoms with Gasteiger partial charge in [-0.2, -0.15) is 0 Å². The van der Waals surface area contributed by atoms with Crippen LogP contribution in [0.4, 0.5) is 0 Å². The molecule has 252 valence electrons. The van der Waals surface area contributed by atoms with Crippen LogP contribution < -0.4 is 0 Å². The molecule has 0 N–H and O–H groups in total. The van der Waals surface area contributed by atoms with Crippen LogP contribution in [-0.2, 0) is 23.3 Å². The third-order valence-corrected chi connectivity index (χ3v) is 9.23. The molecule has 2 nitrogen and oxygen atoms in total. The van der Waals surface area contributed by atoms with Crippen LogP contribution in [0.3, 0.4) is 0 Å². The van der Waals surface area contributed by atoms with Crippen LogP contribution in [0.25, 0.3) is 66.4 Å². The zero-order chi connectivity index (χ0) is 33.9. The van der Waals surface area contributed by atoms with E-state index in [2.05, 4.69) is 132 Å². The second-order valence-corrected chi connectivity index (χ2v) is 12.4. The Bertz CT molecular complexity index is 2160. The molecular formula is C46H44O2SiZr-4. The molecule has 2 heterocycles. The van der Waals surface area contributed by atoms with Crippen LogP contribution in [0, 0.1) is 56.4 Å². The summed E-state index contributed by atoms with van der Waals surface area (Å²) >= 11 is 1.36. The third-order valence-electron chi connectivity index (χ3n) is 9.23. The van der Waals surface area contributed by atoms with Crippen molar-refractivity contribution in [2.45, 2.75) is 41.5 Å². The van der Waals surface area contributed by atoms with Gasteiger partial charge in [0, 0.05) is 0 Å². The second-order valence-electron chi connectivity index (χ2n) is 12.4. The predicted molar refractivity (Wildman–Crippen MR) is 212 cm³/mol. The fourth-order valence-electron chi connectivity index (χ4n) is 6.62. The first-order valence-electron chi connectivity index (χ1n) is 16.2. The Balaban J connectivity index is 0.000000206. The zero-order valence-electron chi connectivity index (χ0n) is 30.4. The van der Waals surface area contributed by atoms with Gasteiger partial charge in [-0.15, -0.1) is 57.9 Å². The number of benzene rings is 4. The molecule has 0 amide bonds. The summed E-state index contributed by atoms with van der Waals surface area (Å²) in [6.45, 7) is 15.8. The molecule has 0 aliphatic heterocycles. The van der Waals surface area contributed by atoms with E-state index in [0.29, 0.717) is 0 Å². The quantitative estimate of drug-likeness (QED) is 0.132. The van der Waals surface area contributed by atoms with Gasteiger partial charge in [0.1, 0.15) is 0 Å². The zero-order valence-corrected chi connectivity index (χ0v) is 33.8. The van der Waals surface area contributed by atoms with Crippen molar-refractivity contribution in [3.63, 3.8) is 0 Å². The van der Waals surface area contributed by atoms with E-state index in [0.717, 1.165) is 34.2 Å². The van der Waals surface area contributed by atoms with Crippen molar-refractivity contribution in [1.82, 2.24) is 0 Å². The molecule has 2 radical (unpaired) electrons. The van der Waals surface area contributed by atoms with Crippen molar-refractivity contribution in [3.05, 3.63) is 170 Å². The fraction of sp³-hybridized carbons (Fsp3) is 0.130. The van der Waals surface area contributed by atoms with E-state index in [1.165, 1.54) is 89.4 Å². The van der Waals surface area contributed by atoms with Crippen molar-refractivity contribution in [3.8, 4) is 44.9 Å². The molecule has 0 spiro atoms. The second kappa shape index (κ2) is 16.6. The average Bonchev–Trinajstić information content (AvgIpc) is 3.91. The SMILES string of the molecule is Cc1ccc(-c2cc3c(-c4ccccc4)c(C)c(C)cc3[cH-]2)o1.Cc1ccc(-c2cc3c(-c4ccccc4)c(C)c(C)cc3[cH-]2)o1.[CH3-].[CH3-].[Si]=[Zr]. The van der Waals surface area contributed by atoms with Gasteiger partial charge in [-0.3, -0.25) is 0 Å². The van der Waals surface area contributed by atoms with Gasteiger partial charge in [0.05, 0.1) is 23.0 Å². The van der Waals surface area contributed by atoms with E-state index in [-0.39, 0.29) is 14.9 Å². The van der Waals surface area contributed by atoms with Crippen molar-refractivity contribution >= 4 is 28.4 Å². The molecule has 0 saturated carbocycles. The maximum absolute atomic E-state index is 5.81. The van der Waals surface area contributed by atoms with Crippen molar-refractivity contribution in [2.24, 2.45) is 0 Å². The average molecular weight is 748 g/mol. The van der Waals surface area contributed by atoms with E-state index >= 15 is 0 Å². The summed E-state index contributed by atoms with van der Waals surface area (Å²) in [5.74, 6) is 3.77. The summed E-state index contributed by atoms with van der Waals surface area (Å²) in [5.41, 5.74) is 12.8. The third kappa shape index (κ3) is 7.73. The van der Waals surface area contributed by atoms with Gasteiger partial charge in [0.2, 0.25) is 0 Å². The molecule has 0 bridgehead atoms. The molecule has 0 aliphatic carbocycles. The summed E-state index contributed by atoms with van der Waals surface area (Å²) in [6, 6.07) is 42.9. The number of aryl methyl sites for hydroxylation is 4. The van der Waals surface area contributed by atoms with Gasteiger partial charge >= 0.3 is 30.2 Å². The van der Waals surface area contributed by atoms with Gasteiger partial charge in [-0.25, -0.2) is 0 Å². The first-order chi connectivity index (χ1) is 23.3. The first-order valence-corrected chi connectivity index (χ1v) is 20.4. The van der Waals surface area contributed by atoms with Gasteiger partial charge in [0.15, 0.2) is 0 Å². The van der Waals surface area contributed by atoms with Gasteiger partial charge in [-0.1, -0.05) is 94.0 Å². The number of rotatable bonds is 4. The molecule has 0 saturated heterocycles. The topological polar surface area (TPSA) is 26.3 Å². The minimum absolute atomic E-state index is 0. The van der Waals surface area contributed by atoms with E-state index in [4.69, 9.17) is 8.83 Å². The fourth-order valence-corrected chi connectivity index (χ4v) is 6.62. The Morgan fingerprint density at radius 1 is 0.480 bits per heavy atom. The molecule has 50 heavy (non-hydrogen) atoms. The summed E-state index contributed by atoms with van der Waals surface area (Å²) in [5, 5.41) is 5.14. The summed E-state index contributed by atoms with van der Waals surface area (Å²) in [4.78, 5) is 0. The van der Waals surface area contributed by atoms with Crippen molar-refractivity contribution in [2.75, 3.05) is 0 Å². The summed E-state index contributed by atoms with van der Waals surface area (Å²) in [7, 11) is 0. The van der Waals surface area contributed by atoms with Crippen molar-refractivity contribution in [1.29, 1.82) is 0 Å². The summed E-state index contributed by atoms with van der Waals surface area (Å²) in [6.07, 6.45) is 0. The normalized spacial score (nSPS) is 10.4. The monoisotopic (exact) mass is 746 g/mol. The van der Waals surface area contributed by atoms with Crippen LogP contribution >= 0.6 is 0 Å². The molecule has 8 aromatic rings. The standard InChI is InChI=1S/2C22H19O.2CH3.Si.Zr/c2*1-14-11-18-12-19(21-10-9-15(2)23-21)13-20(18)22(16(14)3)17-7-5-4-6-8-17;;;;/h2*4-13H,1-3H3;2*1H3;;/q4*-1;;. The van der Waals surface area contributed by atoms with E-state index in [1.807, 2.05) is 38.1 Å². The van der Waals surface area contributed by atoms with Crippen LogP contribution in [0.2, 0.25) is 0 Å². The molecule has 0 fully saturated rings. The van der Waals surface area contributed by atoms with E-state index in [1.54, 1.807) is 0 Å². The maximum atomic E-state index is 5.81. The number of fused-ring (bicyclic) bond motifs is 2. The predicted octanol–water partition coefficient (Wildman–Crippen LogP) is 13.3. The van der Waals surface area contributed by atoms with Gasteiger partial charge in [-0.05, 0) is 88.1 Å². The Hall–Kier alpha value is -4.24. The van der Waals surface area contributed by atoms with Crippen LogP contribution in [-0.4, -0.2) is 6.88 Å². The Morgan fingerprint density at radius 3 is 1.16 bits per heavy atom. The summed E-state index contributed by atoms with van der Waals surface area (Å²) < 4.78 is 11.6. The van der Waals surface area contributed by atoms with Crippen LogP contribution in [0.15, 0.2) is 130 Å². The van der Waals surface area contributed by atoms with Crippen LogP contribution in [0.1, 0.15) is 33.8 Å². The molecule has 2 aromatic heterocycles. The molecule has 0 atom stereocenters. The van der Waals surface area contributed by atoms with Gasteiger partial charge in [0.25, 0.3) is 0 Å². The van der Waals surface area contributed by atoms with Crippen molar-refractivity contribution < 1.29 is 32.2 Å². The number of hydrogen-bond acceptors (Lipinski definition) is 2. The molecule has 0 aliphatic rings. The Kier molecular flexibility index (Phi) is 12.8. The number of hydrogen-bond donors (Lipinski definition) is 0. The van der Waals surface area contributed by atoms with Gasteiger partial charge < -0.3 is 23.7 Å².